The SMILES string of the molecule is C#C.C#C.CC.CCC.CCCC(=O)N(CCC)Cc1nc2c(ccc3cc4c(cc32)OCc2cc(-c3cnc(CN(C(=O)CNC(=O)OC)[C@@H](C)CC)[nH]3)ccc2-4)[nH]1.CO.COC. The molecular formula is C50H73N7O7. The van der Waals surface area contributed by atoms with Gasteiger partial charge in [0.05, 0.1) is 43.1 Å². The van der Waals surface area contributed by atoms with E-state index in [-0.39, 0.29) is 30.9 Å². The van der Waals surface area contributed by atoms with Gasteiger partial charge in [0.15, 0.2) is 0 Å². The fourth-order valence-electron chi connectivity index (χ4n) is 6.48. The molecule has 14 nitrogen and oxygen atoms in total. The fraction of sp³-hybridized carbons (Fsp3) is 0.460. The Bertz CT molecular complexity index is 2160. The van der Waals surface area contributed by atoms with Gasteiger partial charge in [0.2, 0.25) is 11.8 Å². The zero-order chi connectivity index (χ0) is 48.8. The first-order valence-corrected chi connectivity index (χ1v) is 21.7. The van der Waals surface area contributed by atoms with Crippen LogP contribution in [0.15, 0.2) is 48.7 Å². The van der Waals surface area contributed by atoms with Crippen LogP contribution < -0.4 is 10.1 Å². The molecule has 0 saturated carbocycles. The number of methoxy groups -OCH3 is 2. The third-order valence-corrected chi connectivity index (χ3v) is 9.32. The Balaban J connectivity index is 0.00000256. The van der Waals surface area contributed by atoms with Crippen molar-refractivity contribution in [2.45, 2.75) is 113 Å². The van der Waals surface area contributed by atoms with Crippen LogP contribution in [0.5, 0.6) is 5.75 Å². The van der Waals surface area contributed by atoms with Crippen LogP contribution in [0.2, 0.25) is 0 Å². The molecule has 0 unspecified atom stereocenters. The summed E-state index contributed by atoms with van der Waals surface area (Å²) in [6, 6.07) is 14.6. The Morgan fingerprint density at radius 2 is 1.53 bits per heavy atom. The molecule has 350 valence electrons. The highest BCUT2D eigenvalue weighted by Gasteiger charge is 2.23. The lowest BCUT2D eigenvalue weighted by molar-refractivity contribution is -0.133. The number of carbonyl (C=O) groups is 3. The third kappa shape index (κ3) is 16.4. The quantitative estimate of drug-likeness (QED) is 0.0840. The number of rotatable bonds is 13. The van der Waals surface area contributed by atoms with Crippen LogP contribution in [0.1, 0.15) is 105 Å². The van der Waals surface area contributed by atoms with E-state index < -0.39 is 6.09 Å². The van der Waals surface area contributed by atoms with Crippen molar-refractivity contribution in [2.75, 3.05) is 41.5 Å². The van der Waals surface area contributed by atoms with Crippen LogP contribution in [-0.4, -0.2) is 100 Å². The highest BCUT2D eigenvalue weighted by Crippen LogP contribution is 2.42. The lowest BCUT2D eigenvalue weighted by atomic mass is 9.92. The summed E-state index contributed by atoms with van der Waals surface area (Å²) >= 11 is 0. The van der Waals surface area contributed by atoms with Gasteiger partial charge in [0.1, 0.15) is 30.5 Å². The van der Waals surface area contributed by atoms with Crippen LogP contribution in [0.4, 0.5) is 4.79 Å². The van der Waals surface area contributed by atoms with E-state index in [0.29, 0.717) is 31.9 Å². The number of hydrogen-bond donors (Lipinski definition) is 4. The van der Waals surface area contributed by atoms with Crippen LogP contribution in [0, 0.1) is 25.7 Å². The van der Waals surface area contributed by atoms with Crippen LogP contribution in [0.3, 0.4) is 0 Å². The average Bonchev–Trinajstić information content (AvgIpc) is 3.99. The summed E-state index contributed by atoms with van der Waals surface area (Å²) in [5.41, 5.74) is 6.79. The van der Waals surface area contributed by atoms with E-state index in [4.69, 9.17) is 14.8 Å². The Kier molecular flexibility index (Phi) is 29.1. The van der Waals surface area contributed by atoms with Crippen molar-refractivity contribution in [3.05, 3.63) is 65.9 Å². The number of aromatic nitrogens is 4. The van der Waals surface area contributed by atoms with Gasteiger partial charge >= 0.3 is 6.09 Å². The van der Waals surface area contributed by atoms with E-state index in [2.05, 4.69) is 113 Å². The molecule has 1 aliphatic rings. The van der Waals surface area contributed by atoms with Gasteiger partial charge in [0.25, 0.3) is 0 Å². The predicted octanol–water partition coefficient (Wildman–Crippen LogP) is 9.50. The molecule has 0 aliphatic carbocycles. The van der Waals surface area contributed by atoms with E-state index in [0.717, 1.165) is 87.7 Å². The first kappa shape index (κ1) is 57.6. The molecule has 0 spiro atoms. The van der Waals surface area contributed by atoms with Gasteiger partial charge in [-0.1, -0.05) is 73.1 Å². The predicted molar refractivity (Wildman–Crippen MR) is 260 cm³/mol. The smallest absolute Gasteiger partial charge is 0.407 e. The first-order chi connectivity index (χ1) is 31.0. The standard InChI is InChI=1S/C38H45N7O5.C3H8.C2H6O.C2H6.2C2H2.CH4O/c1-6-9-35(46)44(14-7-2)20-34-41-30-13-11-24-16-29-27-12-10-25(15-26(27)22-50-32(29)17-28(24)37(30)43-34)31-18-39-33(42-31)21-45(23(4)8-3)36(47)19-40-38(48)49-5;2*1-3-2;4*1-2/h10-13,15-18,23H,6-9,14,19-22H2,1-5H3,(H,39,42)(H,40,48)(H,41,43);3H2,1-2H3;1-2H3;1-2H3;2*1-2H;2H,1H3/t23-;;;;;;/m0....../s1. The monoisotopic (exact) mass is 884 g/mol. The van der Waals surface area contributed by atoms with Gasteiger partial charge in [-0.3, -0.25) is 9.59 Å². The van der Waals surface area contributed by atoms with Crippen LogP contribution in [-0.2, 0) is 38.8 Å². The second-order valence-electron chi connectivity index (χ2n) is 13.9. The maximum absolute atomic E-state index is 12.9. The number of aliphatic hydroxyl groups is 1. The maximum atomic E-state index is 12.9. The summed E-state index contributed by atoms with van der Waals surface area (Å²) in [7, 11) is 5.51. The fourth-order valence-corrected chi connectivity index (χ4v) is 6.48. The number of amides is 3. The molecule has 3 amide bonds. The molecule has 0 bridgehead atoms. The molecule has 3 heterocycles. The van der Waals surface area contributed by atoms with Crippen molar-refractivity contribution in [1.29, 1.82) is 0 Å². The number of nitrogens with zero attached hydrogens (tertiary/aromatic N) is 4. The summed E-state index contributed by atoms with van der Waals surface area (Å²) in [5.74, 6) is 2.17. The van der Waals surface area contributed by atoms with Crippen LogP contribution in [0.25, 0.3) is 44.2 Å². The van der Waals surface area contributed by atoms with E-state index in [9.17, 15) is 14.4 Å². The number of benzene rings is 3. The summed E-state index contributed by atoms with van der Waals surface area (Å²) in [6.45, 7) is 18.0. The molecule has 6 rings (SSSR count). The third-order valence-electron chi connectivity index (χ3n) is 9.32. The number of nitrogens with one attached hydrogen (secondary N) is 3. The minimum atomic E-state index is -0.648. The highest BCUT2D eigenvalue weighted by atomic mass is 16.5. The molecule has 0 saturated heterocycles. The minimum absolute atomic E-state index is 0.0453. The zero-order valence-electron chi connectivity index (χ0n) is 40.3. The number of H-pyrrole nitrogens is 2. The number of hydrogen-bond acceptors (Lipinski definition) is 9. The number of aromatic amines is 2. The summed E-state index contributed by atoms with van der Waals surface area (Å²) < 4.78 is 15.2. The molecule has 1 aliphatic heterocycles. The number of ether oxygens (including phenoxy) is 3. The average molecular weight is 884 g/mol. The molecule has 4 N–H and O–H groups in total. The Morgan fingerprint density at radius 1 is 0.875 bits per heavy atom. The second-order valence-corrected chi connectivity index (χ2v) is 13.9. The largest absolute Gasteiger partial charge is 0.488 e. The van der Waals surface area contributed by atoms with Crippen molar-refractivity contribution in [3.8, 4) is 53.8 Å². The lowest BCUT2D eigenvalue weighted by Crippen LogP contribution is -2.44. The van der Waals surface area contributed by atoms with Crippen molar-refractivity contribution in [3.63, 3.8) is 0 Å². The van der Waals surface area contributed by atoms with E-state index in [1.54, 1.807) is 25.3 Å². The molecule has 0 radical (unpaired) electrons. The summed E-state index contributed by atoms with van der Waals surface area (Å²) in [4.78, 5) is 57.1. The second kappa shape index (κ2) is 32.3. The van der Waals surface area contributed by atoms with Crippen molar-refractivity contribution < 1.29 is 33.7 Å². The van der Waals surface area contributed by atoms with Crippen LogP contribution >= 0.6 is 0 Å². The van der Waals surface area contributed by atoms with E-state index >= 15 is 0 Å². The topological polar surface area (TPSA) is 175 Å². The van der Waals surface area contributed by atoms with Gasteiger partial charge in [0, 0.05) is 51.3 Å². The van der Waals surface area contributed by atoms with Crippen molar-refractivity contribution >= 4 is 39.7 Å². The molecule has 0 fully saturated rings. The molecule has 14 heteroatoms. The highest BCUT2D eigenvalue weighted by molar-refractivity contribution is 6.07. The minimum Gasteiger partial charge on any atom is -0.488 e. The number of carbonyl (C=O) groups excluding carboxylic acids is 3. The molecule has 5 aromatic rings. The Labute approximate surface area is 381 Å². The maximum Gasteiger partial charge on any atom is 0.407 e. The van der Waals surface area contributed by atoms with Gasteiger partial charge in [-0.15, -0.1) is 25.7 Å². The summed E-state index contributed by atoms with van der Waals surface area (Å²) in [6.07, 6.45) is 21.4. The molecule has 1 atom stereocenters. The zero-order valence-corrected chi connectivity index (χ0v) is 40.3. The number of terminal acetylenes is 2. The van der Waals surface area contributed by atoms with Crippen molar-refractivity contribution in [1.82, 2.24) is 35.1 Å². The van der Waals surface area contributed by atoms with E-state index in [1.807, 2.05) is 45.6 Å². The van der Waals surface area contributed by atoms with Gasteiger partial charge < -0.3 is 44.4 Å². The number of fused-ring (bicyclic) bond motifs is 6. The van der Waals surface area contributed by atoms with Gasteiger partial charge in [-0.2, -0.15) is 0 Å². The number of imidazole rings is 2. The molecule has 3 aromatic carbocycles. The van der Waals surface area contributed by atoms with Gasteiger partial charge in [-0.25, -0.2) is 14.8 Å². The summed E-state index contributed by atoms with van der Waals surface area (Å²) in [5, 5.41) is 11.5. The van der Waals surface area contributed by atoms with Gasteiger partial charge in [-0.05, 0) is 72.5 Å². The lowest BCUT2D eigenvalue weighted by Gasteiger charge is -2.28. The van der Waals surface area contributed by atoms with E-state index in [1.165, 1.54) is 13.5 Å². The number of aliphatic hydroxyl groups excluding tert-OH is 1. The number of alkyl carbamates (subject to hydrolysis) is 1. The first-order valence-electron chi connectivity index (χ1n) is 21.7. The Hall–Kier alpha value is -6.35. The molecular weight excluding hydrogens is 811 g/mol. The van der Waals surface area contributed by atoms with Crippen molar-refractivity contribution in [2.24, 2.45) is 0 Å². The Morgan fingerprint density at radius 3 is 2.12 bits per heavy atom. The molecule has 64 heavy (non-hydrogen) atoms. The normalized spacial score (nSPS) is 10.6. The molecule has 2 aromatic heterocycles.